The molecular formula is C15H13ClN6O3. The number of methoxy groups -OCH3 is 1. The molecule has 0 aliphatic heterocycles. The van der Waals surface area contributed by atoms with Crippen molar-refractivity contribution in [3.05, 3.63) is 41.6 Å². The first-order valence-electron chi connectivity index (χ1n) is 7.05. The number of benzene rings is 1. The van der Waals surface area contributed by atoms with E-state index in [4.69, 9.17) is 16.3 Å². The van der Waals surface area contributed by atoms with E-state index in [1.54, 1.807) is 36.3 Å². The Bertz CT molecular complexity index is 943. The van der Waals surface area contributed by atoms with Crippen molar-refractivity contribution in [1.29, 1.82) is 0 Å². The smallest absolute Gasteiger partial charge is 0.341 e. The van der Waals surface area contributed by atoms with Gasteiger partial charge in [-0.1, -0.05) is 6.07 Å². The third-order valence-electron chi connectivity index (χ3n) is 3.30. The van der Waals surface area contributed by atoms with Crippen LogP contribution in [0, 0.1) is 0 Å². The average Bonchev–Trinajstić information content (AvgIpc) is 3.00. The van der Waals surface area contributed by atoms with Gasteiger partial charge in [0.05, 0.1) is 18.4 Å². The lowest BCUT2D eigenvalue weighted by Gasteiger charge is -2.14. The lowest BCUT2D eigenvalue weighted by Crippen LogP contribution is -2.07. The molecule has 0 bridgehead atoms. The van der Waals surface area contributed by atoms with Crippen LogP contribution in [0.5, 0.6) is 5.75 Å². The van der Waals surface area contributed by atoms with Gasteiger partial charge in [0.1, 0.15) is 17.7 Å². The summed E-state index contributed by atoms with van der Waals surface area (Å²) in [6, 6.07) is 5.27. The van der Waals surface area contributed by atoms with Gasteiger partial charge in [-0.3, -0.25) is 4.68 Å². The molecule has 9 nitrogen and oxygen atoms in total. The zero-order valence-electron chi connectivity index (χ0n) is 13.3. The number of carboxylic acids is 1. The molecule has 0 radical (unpaired) electrons. The minimum atomic E-state index is -1.18. The Morgan fingerprint density at radius 1 is 1.36 bits per heavy atom. The van der Waals surface area contributed by atoms with Crippen LogP contribution in [0.25, 0.3) is 11.4 Å². The van der Waals surface area contributed by atoms with Crippen LogP contribution in [0.15, 0.2) is 30.7 Å². The fraction of sp³-hybridized carbons (Fsp3) is 0.133. The summed E-state index contributed by atoms with van der Waals surface area (Å²) in [5.74, 6) is -0.209. The number of rotatable bonds is 5. The Hall–Kier alpha value is -3.20. The van der Waals surface area contributed by atoms with Crippen molar-refractivity contribution in [1.82, 2.24) is 24.7 Å². The molecule has 128 valence electrons. The zero-order valence-corrected chi connectivity index (χ0v) is 14.0. The molecule has 0 unspecified atom stereocenters. The maximum Gasteiger partial charge on any atom is 0.341 e. The zero-order chi connectivity index (χ0) is 18.0. The maximum absolute atomic E-state index is 11.4. The van der Waals surface area contributed by atoms with Crippen molar-refractivity contribution >= 4 is 29.1 Å². The predicted molar refractivity (Wildman–Crippen MR) is 90.3 cm³/mol. The highest BCUT2D eigenvalue weighted by atomic mass is 35.5. The number of carbonyl (C=O) groups is 1. The van der Waals surface area contributed by atoms with Crippen molar-refractivity contribution < 1.29 is 14.6 Å². The average molecular weight is 361 g/mol. The van der Waals surface area contributed by atoms with Crippen molar-refractivity contribution in [2.45, 2.75) is 0 Å². The third-order valence-corrected chi connectivity index (χ3v) is 3.48. The Balaban J connectivity index is 2.07. The lowest BCUT2D eigenvalue weighted by molar-refractivity contribution is 0.0697. The SMILES string of the molecule is COc1c(Nc2nc(Cl)ncc2C(=O)O)cccc1-c1ncn(C)n1. The molecule has 0 amide bonds. The van der Waals surface area contributed by atoms with E-state index in [2.05, 4.69) is 25.4 Å². The molecule has 0 fully saturated rings. The normalized spacial score (nSPS) is 10.5. The summed E-state index contributed by atoms with van der Waals surface area (Å²) in [4.78, 5) is 23.2. The molecule has 2 heterocycles. The molecule has 0 atom stereocenters. The van der Waals surface area contributed by atoms with Crippen LogP contribution in [-0.2, 0) is 7.05 Å². The number of aryl methyl sites for hydroxylation is 1. The van der Waals surface area contributed by atoms with Crippen molar-refractivity contribution in [3.63, 3.8) is 0 Å². The topological polar surface area (TPSA) is 115 Å². The molecule has 10 heteroatoms. The molecule has 25 heavy (non-hydrogen) atoms. The van der Waals surface area contributed by atoms with Crippen molar-refractivity contribution in [2.24, 2.45) is 7.05 Å². The van der Waals surface area contributed by atoms with Gasteiger partial charge in [0.15, 0.2) is 11.6 Å². The highest BCUT2D eigenvalue weighted by Crippen LogP contribution is 2.36. The summed E-state index contributed by atoms with van der Waals surface area (Å²) >= 11 is 5.78. The van der Waals surface area contributed by atoms with Gasteiger partial charge in [0.2, 0.25) is 5.28 Å². The minimum absolute atomic E-state index is 0.0527. The molecule has 3 rings (SSSR count). The highest BCUT2D eigenvalue weighted by Gasteiger charge is 2.18. The number of anilines is 2. The molecule has 0 aliphatic rings. The number of hydrogen-bond acceptors (Lipinski definition) is 7. The van der Waals surface area contributed by atoms with Gasteiger partial charge in [-0.05, 0) is 23.7 Å². The number of nitrogens with one attached hydrogen (secondary N) is 1. The van der Waals surface area contributed by atoms with Gasteiger partial charge in [-0.25, -0.2) is 14.8 Å². The van der Waals surface area contributed by atoms with E-state index in [-0.39, 0.29) is 16.7 Å². The Labute approximate surface area is 147 Å². The fourth-order valence-electron chi connectivity index (χ4n) is 2.23. The van der Waals surface area contributed by atoms with E-state index in [9.17, 15) is 9.90 Å². The third kappa shape index (κ3) is 3.36. The van der Waals surface area contributed by atoms with E-state index in [0.717, 1.165) is 6.20 Å². The molecule has 3 aromatic rings. The number of aromatic nitrogens is 5. The Morgan fingerprint density at radius 2 is 2.16 bits per heavy atom. The van der Waals surface area contributed by atoms with Gasteiger partial charge in [-0.2, -0.15) is 10.1 Å². The highest BCUT2D eigenvalue weighted by molar-refractivity contribution is 6.28. The second-order valence-corrected chi connectivity index (χ2v) is 5.30. The summed E-state index contributed by atoms with van der Waals surface area (Å²) < 4.78 is 7.04. The molecule has 0 aliphatic carbocycles. The van der Waals surface area contributed by atoms with Crippen LogP contribution < -0.4 is 10.1 Å². The lowest BCUT2D eigenvalue weighted by atomic mass is 10.1. The van der Waals surface area contributed by atoms with Crippen LogP contribution in [0.1, 0.15) is 10.4 Å². The maximum atomic E-state index is 11.4. The van der Waals surface area contributed by atoms with Gasteiger partial charge >= 0.3 is 5.97 Å². The number of ether oxygens (including phenoxy) is 1. The van der Waals surface area contributed by atoms with Crippen LogP contribution in [0.3, 0.4) is 0 Å². The minimum Gasteiger partial charge on any atom is -0.494 e. The number of para-hydroxylation sites is 1. The van der Waals surface area contributed by atoms with E-state index < -0.39 is 5.97 Å². The van der Waals surface area contributed by atoms with E-state index in [0.29, 0.717) is 22.8 Å². The largest absolute Gasteiger partial charge is 0.494 e. The summed E-state index contributed by atoms with van der Waals surface area (Å²) in [6.07, 6.45) is 2.71. The number of carboxylic acid groups (broad SMARTS) is 1. The van der Waals surface area contributed by atoms with Crippen LogP contribution in [0.4, 0.5) is 11.5 Å². The van der Waals surface area contributed by atoms with E-state index in [1.807, 2.05) is 0 Å². The van der Waals surface area contributed by atoms with Gasteiger partial charge in [0, 0.05) is 13.2 Å². The number of hydrogen-bond donors (Lipinski definition) is 2. The molecule has 0 saturated heterocycles. The number of nitrogens with zero attached hydrogens (tertiary/aromatic N) is 5. The summed E-state index contributed by atoms with van der Waals surface area (Å²) in [5.41, 5.74) is 1.02. The van der Waals surface area contributed by atoms with Gasteiger partial charge in [-0.15, -0.1) is 0 Å². The van der Waals surface area contributed by atoms with Crippen LogP contribution in [-0.4, -0.2) is 42.9 Å². The molecule has 0 spiro atoms. The Kier molecular flexibility index (Phi) is 4.48. The van der Waals surface area contributed by atoms with Crippen LogP contribution in [0.2, 0.25) is 5.28 Å². The van der Waals surface area contributed by atoms with Gasteiger partial charge in [0.25, 0.3) is 0 Å². The van der Waals surface area contributed by atoms with E-state index in [1.165, 1.54) is 7.11 Å². The number of aromatic carboxylic acids is 1. The monoisotopic (exact) mass is 360 g/mol. The predicted octanol–water partition coefficient (Wildman–Crippen LogP) is 2.38. The second kappa shape index (κ2) is 6.73. The standard InChI is InChI=1S/C15H13ClN6O3/c1-22-7-18-12(21-22)8-4-3-5-10(11(8)25-2)19-13-9(14(23)24)6-17-15(16)20-13/h3-7H,1-2H3,(H,23,24)(H,17,19,20). The summed E-state index contributed by atoms with van der Waals surface area (Å²) in [6.45, 7) is 0. The van der Waals surface area contributed by atoms with Crippen molar-refractivity contribution in [3.8, 4) is 17.1 Å². The van der Waals surface area contributed by atoms with Crippen molar-refractivity contribution in [2.75, 3.05) is 12.4 Å². The second-order valence-electron chi connectivity index (χ2n) is 4.96. The summed E-state index contributed by atoms with van der Waals surface area (Å²) in [5, 5.41) is 16.4. The van der Waals surface area contributed by atoms with E-state index >= 15 is 0 Å². The number of halogens is 1. The first-order valence-corrected chi connectivity index (χ1v) is 7.43. The summed E-state index contributed by atoms with van der Waals surface area (Å²) in [7, 11) is 3.26. The molecule has 1 aromatic carbocycles. The molecular weight excluding hydrogens is 348 g/mol. The quantitative estimate of drug-likeness (QED) is 0.666. The first kappa shape index (κ1) is 16.7. The molecule has 0 saturated carbocycles. The fourth-order valence-corrected chi connectivity index (χ4v) is 2.37. The van der Waals surface area contributed by atoms with Gasteiger partial charge < -0.3 is 15.2 Å². The molecule has 2 N–H and O–H groups in total. The first-order chi connectivity index (χ1) is 12.0. The molecule has 2 aromatic heterocycles. The Morgan fingerprint density at radius 3 is 2.80 bits per heavy atom. The van der Waals surface area contributed by atoms with Crippen LogP contribution >= 0.6 is 11.6 Å².